The highest BCUT2D eigenvalue weighted by Crippen LogP contribution is 2.24. The molecule has 4 heteroatoms. The van der Waals surface area contributed by atoms with E-state index in [2.05, 4.69) is 34.2 Å². The lowest BCUT2D eigenvalue weighted by Gasteiger charge is -2.15. The minimum Gasteiger partial charge on any atom is -0.481 e. The van der Waals surface area contributed by atoms with Gasteiger partial charge in [-0.25, -0.2) is 0 Å². The molecule has 1 unspecified atom stereocenters. The third-order valence-electron chi connectivity index (χ3n) is 3.29. The monoisotopic (exact) mass is 349 g/mol. The summed E-state index contributed by atoms with van der Waals surface area (Å²) in [6.07, 6.45) is 1.56. The van der Waals surface area contributed by atoms with Crippen LogP contribution in [-0.4, -0.2) is 18.6 Å². The highest BCUT2D eigenvalue weighted by atomic mass is 79.9. The molecule has 1 N–H and O–H groups in total. The Labute approximate surface area is 133 Å². The van der Waals surface area contributed by atoms with Crippen LogP contribution in [-0.2, 0) is 4.79 Å². The van der Waals surface area contributed by atoms with Crippen molar-refractivity contribution in [2.45, 2.75) is 32.8 Å². The van der Waals surface area contributed by atoms with Gasteiger partial charge >= 0.3 is 0 Å². The van der Waals surface area contributed by atoms with E-state index >= 15 is 0 Å². The van der Waals surface area contributed by atoms with E-state index in [1.165, 1.54) is 0 Å². The first-order chi connectivity index (χ1) is 10.1. The maximum Gasteiger partial charge on any atom is 0.260 e. The molecule has 0 heterocycles. The second kappa shape index (κ2) is 7.46. The Bertz CT molecular complexity index is 627. The molecule has 0 aromatic heterocycles. The van der Waals surface area contributed by atoms with Gasteiger partial charge in [0.2, 0.25) is 0 Å². The van der Waals surface area contributed by atoms with Gasteiger partial charge in [-0.2, -0.15) is 0 Å². The van der Waals surface area contributed by atoms with Gasteiger partial charge in [0.25, 0.3) is 5.91 Å². The molecule has 112 valence electrons. The first kappa shape index (κ1) is 15.8. The van der Waals surface area contributed by atoms with Crippen LogP contribution < -0.4 is 10.1 Å². The molecule has 1 amide bonds. The zero-order valence-electron chi connectivity index (χ0n) is 12.4. The average molecular weight is 350 g/mol. The average Bonchev–Trinajstić information content (AvgIpc) is 2.47. The second-order valence-electron chi connectivity index (χ2n) is 5.06. The summed E-state index contributed by atoms with van der Waals surface area (Å²) in [4.78, 5) is 11.9. The molecular formula is C17H20BrNO2. The molecular weight excluding hydrogens is 330 g/mol. The molecule has 21 heavy (non-hydrogen) atoms. The minimum absolute atomic E-state index is 0.0700. The number of nitrogens with one attached hydrogen (secondary N) is 1. The fraction of sp³-hybridized carbons (Fsp3) is 0.353. The summed E-state index contributed by atoms with van der Waals surface area (Å²) < 4.78 is 6.77. The Balaban J connectivity index is 2.02. The fourth-order valence-electron chi connectivity index (χ4n) is 2.06. The predicted octanol–water partition coefficient (Wildman–Crippen LogP) is 4.29. The smallest absolute Gasteiger partial charge is 0.260 e. The van der Waals surface area contributed by atoms with Crippen LogP contribution in [0.25, 0.3) is 10.8 Å². The summed E-state index contributed by atoms with van der Waals surface area (Å²) in [5, 5.41) is 5.11. The van der Waals surface area contributed by atoms with Crippen LogP contribution in [0, 0.1) is 0 Å². The molecule has 0 bridgehead atoms. The summed E-state index contributed by atoms with van der Waals surface area (Å²) in [6, 6.07) is 11.9. The molecule has 0 aliphatic rings. The van der Waals surface area contributed by atoms with Crippen LogP contribution in [0.5, 0.6) is 5.75 Å². The quantitative estimate of drug-likeness (QED) is 0.790. The summed E-state index contributed by atoms with van der Waals surface area (Å²) >= 11 is 3.46. The maximum atomic E-state index is 11.9. The summed E-state index contributed by atoms with van der Waals surface area (Å²) in [7, 11) is 0. The van der Waals surface area contributed by atoms with E-state index < -0.39 is 6.10 Å². The van der Waals surface area contributed by atoms with Crippen LogP contribution >= 0.6 is 15.9 Å². The van der Waals surface area contributed by atoms with Crippen molar-refractivity contribution in [3.8, 4) is 5.75 Å². The maximum absolute atomic E-state index is 11.9. The Morgan fingerprint density at radius 1 is 1.24 bits per heavy atom. The number of ether oxygens (including phenoxy) is 1. The van der Waals surface area contributed by atoms with Crippen LogP contribution in [0.15, 0.2) is 40.9 Å². The van der Waals surface area contributed by atoms with Crippen molar-refractivity contribution in [3.05, 3.63) is 40.9 Å². The largest absolute Gasteiger partial charge is 0.481 e. The van der Waals surface area contributed by atoms with Crippen LogP contribution in [0.2, 0.25) is 0 Å². The van der Waals surface area contributed by atoms with Crippen LogP contribution in [0.1, 0.15) is 26.7 Å². The number of carbonyl (C=O) groups is 1. The molecule has 0 radical (unpaired) electrons. The van der Waals surface area contributed by atoms with Gasteiger partial charge in [-0.05, 0) is 48.4 Å². The fourth-order valence-corrected chi connectivity index (χ4v) is 2.44. The van der Waals surface area contributed by atoms with E-state index in [9.17, 15) is 4.79 Å². The first-order valence-electron chi connectivity index (χ1n) is 7.24. The zero-order chi connectivity index (χ0) is 15.2. The van der Waals surface area contributed by atoms with Crippen molar-refractivity contribution in [3.63, 3.8) is 0 Å². The standard InChI is InChI=1S/C17H20BrNO2/c1-3-4-9-19-17(20)12(2)21-16-8-6-13-10-15(18)7-5-14(13)11-16/h5-8,10-12H,3-4,9H2,1-2H3,(H,19,20). The van der Waals surface area contributed by atoms with Gasteiger partial charge in [-0.15, -0.1) is 0 Å². The van der Waals surface area contributed by atoms with Gasteiger partial charge in [0.05, 0.1) is 0 Å². The van der Waals surface area contributed by atoms with Crippen molar-refractivity contribution in [2.24, 2.45) is 0 Å². The van der Waals surface area contributed by atoms with E-state index in [0.29, 0.717) is 12.3 Å². The number of rotatable bonds is 6. The molecule has 3 nitrogen and oxygen atoms in total. The number of amides is 1. The molecule has 0 saturated heterocycles. The molecule has 2 aromatic carbocycles. The Morgan fingerprint density at radius 3 is 2.71 bits per heavy atom. The van der Waals surface area contributed by atoms with E-state index in [0.717, 1.165) is 28.1 Å². The van der Waals surface area contributed by atoms with Crippen molar-refractivity contribution in [2.75, 3.05) is 6.54 Å². The molecule has 2 rings (SSSR count). The summed E-state index contributed by atoms with van der Waals surface area (Å²) in [6.45, 7) is 4.57. The van der Waals surface area contributed by atoms with Crippen molar-refractivity contribution in [1.29, 1.82) is 0 Å². The molecule has 2 aromatic rings. The van der Waals surface area contributed by atoms with Gasteiger partial charge in [0, 0.05) is 11.0 Å². The van der Waals surface area contributed by atoms with Gasteiger partial charge in [-0.1, -0.05) is 41.4 Å². The number of fused-ring (bicyclic) bond motifs is 1. The Hall–Kier alpha value is -1.55. The number of hydrogen-bond acceptors (Lipinski definition) is 2. The SMILES string of the molecule is CCCCNC(=O)C(C)Oc1ccc2cc(Br)ccc2c1. The predicted molar refractivity (Wildman–Crippen MR) is 89.7 cm³/mol. The van der Waals surface area contributed by atoms with Gasteiger partial charge in [0.15, 0.2) is 6.10 Å². The van der Waals surface area contributed by atoms with Crippen molar-refractivity contribution >= 4 is 32.6 Å². The van der Waals surface area contributed by atoms with E-state index in [1.807, 2.05) is 30.3 Å². The third-order valence-corrected chi connectivity index (χ3v) is 3.78. The molecule has 0 aliphatic carbocycles. The lowest BCUT2D eigenvalue weighted by atomic mass is 10.1. The third kappa shape index (κ3) is 4.46. The topological polar surface area (TPSA) is 38.3 Å². The first-order valence-corrected chi connectivity index (χ1v) is 8.03. The normalized spacial score (nSPS) is 12.1. The van der Waals surface area contributed by atoms with Crippen molar-refractivity contribution < 1.29 is 9.53 Å². The Morgan fingerprint density at radius 2 is 1.95 bits per heavy atom. The lowest BCUT2D eigenvalue weighted by Crippen LogP contribution is -2.36. The molecule has 1 atom stereocenters. The number of benzene rings is 2. The van der Waals surface area contributed by atoms with Crippen molar-refractivity contribution in [1.82, 2.24) is 5.32 Å². The number of hydrogen-bond donors (Lipinski definition) is 1. The minimum atomic E-state index is -0.491. The highest BCUT2D eigenvalue weighted by molar-refractivity contribution is 9.10. The van der Waals surface area contributed by atoms with Crippen LogP contribution in [0.4, 0.5) is 0 Å². The highest BCUT2D eigenvalue weighted by Gasteiger charge is 2.13. The lowest BCUT2D eigenvalue weighted by molar-refractivity contribution is -0.127. The van der Waals surface area contributed by atoms with Gasteiger partial charge < -0.3 is 10.1 Å². The van der Waals surface area contributed by atoms with Gasteiger partial charge in [-0.3, -0.25) is 4.79 Å². The Kier molecular flexibility index (Phi) is 5.62. The van der Waals surface area contributed by atoms with Gasteiger partial charge in [0.1, 0.15) is 5.75 Å². The number of halogens is 1. The molecule has 0 spiro atoms. The molecule has 0 aliphatic heterocycles. The second-order valence-corrected chi connectivity index (χ2v) is 5.97. The summed E-state index contributed by atoms with van der Waals surface area (Å²) in [5.41, 5.74) is 0. The molecule has 0 saturated carbocycles. The van der Waals surface area contributed by atoms with E-state index in [1.54, 1.807) is 6.92 Å². The number of unbranched alkanes of at least 4 members (excludes halogenated alkanes) is 1. The van der Waals surface area contributed by atoms with E-state index in [-0.39, 0.29) is 5.91 Å². The summed E-state index contributed by atoms with van der Waals surface area (Å²) in [5.74, 6) is 0.641. The zero-order valence-corrected chi connectivity index (χ0v) is 13.9. The number of carbonyl (C=O) groups excluding carboxylic acids is 1. The van der Waals surface area contributed by atoms with Crippen LogP contribution in [0.3, 0.4) is 0 Å². The molecule has 0 fully saturated rings. The van der Waals surface area contributed by atoms with E-state index in [4.69, 9.17) is 4.74 Å².